The van der Waals surface area contributed by atoms with Crippen LogP contribution in [0.1, 0.15) is 18.4 Å². The molecule has 2 aliphatic carbocycles. The molecule has 33 heavy (non-hydrogen) atoms. The van der Waals surface area contributed by atoms with Crippen molar-refractivity contribution in [2.45, 2.75) is 18.9 Å². The minimum Gasteiger partial charge on any atom is -0.375 e. The highest BCUT2D eigenvalue weighted by Gasteiger charge is 2.25. The second kappa shape index (κ2) is 7.25. The predicted octanol–water partition coefficient (Wildman–Crippen LogP) is 7.24. The summed E-state index contributed by atoms with van der Waals surface area (Å²) in [6.45, 7) is 0. The van der Waals surface area contributed by atoms with Crippen molar-refractivity contribution in [1.29, 1.82) is 0 Å². The molecule has 7 rings (SSSR count). The summed E-state index contributed by atoms with van der Waals surface area (Å²) in [7, 11) is 0. The third-order valence-electron chi connectivity index (χ3n) is 7.03. The highest BCUT2D eigenvalue weighted by molar-refractivity contribution is 6.09. The fraction of sp³-hybridized carbons (Fsp3) is 0.0968. The summed E-state index contributed by atoms with van der Waals surface area (Å²) < 4.78 is 2.40. The monoisotopic (exact) mass is 424 g/mol. The van der Waals surface area contributed by atoms with Gasteiger partial charge in [-0.25, -0.2) is 0 Å². The number of nitrogens with zero attached hydrogens (tertiary/aromatic N) is 1. The summed E-state index contributed by atoms with van der Waals surface area (Å²) in [5.41, 5.74) is 10.4. The summed E-state index contributed by atoms with van der Waals surface area (Å²) in [5, 5.41) is 6.38. The van der Waals surface area contributed by atoms with Gasteiger partial charge in [0.15, 0.2) is 0 Å². The summed E-state index contributed by atoms with van der Waals surface area (Å²) in [4.78, 5) is 0. The standard InChI is InChI=1S/C31H24N2/c1-2-11-23-19-21(9-1)25-15-8-16-26(31(25)32-23)22-10-7-12-24(20-22)33-29-17-5-3-13-27(29)28-14-4-6-18-30(28)33/h1-7,9-14,16-20,23,32H,8,15H2. The van der Waals surface area contributed by atoms with Crippen LogP contribution in [0.2, 0.25) is 0 Å². The minimum absolute atomic E-state index is 0.246. The number of rotatable bonds is 2. The lowest BCUT2D eigenvalue weighted by Gasteiger charge is -2.30. The van der Waals surface area contributed by atoms with Crippen LogP contribution >= 0.6 is 0 Å². The molecule has 3 aliphatic rings. The molecule has 2 heterocycles. The number of hydrogen-bond acceptors (Lipinski definition) is 1. The summed E-state index contributed by atoms with van der Waals surface area (Å²) in [6, 6.07) is 26.7. The third-order valence-corrected chi connectivity index (χ3v) is 7.03. The van der Waals surface area contributed by atoms with E-state index in [0.717, 1.165) is 12.8 Å². The van der Waals surface area contributed by atoms with Crippen molar-refractivity contribution in [1.82, 2.24) is 9.88 Å². The van der Waals surface area contributed by atoms with Crippen molar-refractivity contribution in [3.63, 3.8) is 0 Å². The molecular weight excluding hydrogens is 400 g/mol. The lowest BCUT2D eigenvalue weighted by atomic mass is 9.84. The molecule has 0 saturated carbocycles. The van der Waals surface area contributed by atoms with Crippen LogP contribution in [0.5, 0.6) is 0 Å². The molecule has 1 aliphatic heterocycles. The first-order valence-corrected chi connectivity index (χ1v) is 11.7. The van der Waals surface area contributed by atoms with E-state index in [9.17, 15) is 0 Å². The van der Waals surface area contributed by atoms with Crippen molar-refractivity contribution < 1.29 is 0 Å². The quantitative estimate of drug-likeness (QED) is 0.359. The van der Waals surface area contributed by atoms with Gasteiger partial charge in [-0.1, -0.05) is 85.0 Å². The van der Waals surface area contributed by atoms with Crippen LogP contribution in [0.25, 0.3) is 33.1 Å². The van der Waals surface area contributed by atoms with Crippen LogP contribution in [0.4, 0.5) is 0 Å². The van der Waals surface area contributed by atoms with Gasteiger partial charge < -0.3 is 9.88 Å². The zero-order valence-electron chi connectivity index (χ0n) is 18.3. The van der Waals surface area contributed by atoms with Crippen LogP contribution in [-0.2, 0) is 0 Å². The molecule has 1 atom stereocenters. The minimum atomic E-state index is 0.246. The van der Waals surface area contributed by atoms with E-state index in [0.29, 0.717) is 0 Å². The molecule has 2 nitrogen and oxygen atoms in total. The van der Waals surface area contributed by atoms with Crippen molar-refractivity contribution >= 4 is 27.4 Å². The zero-order valence-corrected chi connectivity index (χ0v) is 18.3. The average Bonchev–Trinajstić information content (AvgIpc) is 3.08. The van der Waals surface area contributed by atoms with E-state index in [4.69, 9.17) is 0 Å². The van der Waals surface area contributed by atoms with Gasteiger partial charge in [-0.2, -0.15) is 0 Å². The number of fused-ring (bicyclic) bond motifs is 5. The average molecular weight is 425 g/mol. The second-order valence-electron chi connectivity index (χ2n) is 8.97. The zero-order chi connectivity index (χ0) is 21.8. The fourth-order valence-corrected chi connectivity index (χ4v) is 5.58. The summed E-state index contributed by atoms with van der Waals surface area (Å²) in [5.74, 6) is 0. The molecule has 4 aromatic rings. The van der Waals surface area contributed by atoms with Gasteiger partial charge in [0.2, 0.25) is 0 Å². The Balaban J connectivity index is 1.40. The largest absolute Gasteiger partial charge is 0.375 e. The van der Waals surface area contributed by atoms with Crippen LogP contribution in [-0.4, -0.2) is 10.6 Å². The van der Waals surface area contributed by atoms with Gasteiger partial charge in [-0.05, 0) is 53.8 Å². The van der Waals surface area contributed by atoms with E-state index in [2.05, 4.69) is 119 Å². The van der Waals surface area contributed by atoms with Gasteiger partial charge in [0.05, 0.1) is 17.1 Å². The van der Waals surface area contributed by atoms with Gasteiger partial charge in [0, 0.05) is 27.7 Å². The van der Waals surface area contributed by atoms with Gasteiger partial charge in [-0.15, -0.1) is 0 Å². The van der Waals surface area contributed by atoms with Crippen molar-refractivity contribution in [3.05, 3.63) is 132 Å². The van der Waals surface area contributed by atoms with Crippen LogP contribution in [0, 0.1) is 0 Å². The Morgan fingerprint density at radius 3 is 2.42 bits per heavy atom. The number of allylic oxidation sites excluding steroid dienone is 7. The number of para-hydroxylation sites is 2. The molecule has 2 bridgehead atoms. The highest BCUT2D eigenvalue weighted by Crippen LogP contribution is 2.39. The first-order valence-electron chi connectivity index (χ1n) is 11.7. The highest BCUT2D eigenvalue weighted by atomic mass is 15.0. The molecule has 1 aromatic heterocycles. The SMILES string of the molecule is C1=CC2=CC(C=C1)NC1=C2CCC=C1c1cccc(-n2c3ccccc3c3ccccc32)c1. The molecule has 3 aromatic carbocycles. The molecule has 0 amide bonds. The molecule has 158 valence electrons. The van der Waals surface area contributed by atoms with E-state index in [1.807, 2.05) is 0 Å². The second-order valence-corrected chi connectivity index (χ2v) is 8.97. The Morgan fingerprint density at radius 1 is 0.818 bits per heavy atom. The van der Waals surface area contributed by atoms with Crippen LogP contribution in [0.3, 0.4) is 0 Å². The van der Waals surface area contributed by atoms with Crippen LogP contribution in [0.15, 0.2) is 126 Å². The number of aromatic nitrogens is 1. The normalized spacial score (nSPS) is 19.2. The van der Waals surface area contributed by atoms with E-state index in [1.54, 1.807) is 0 Å². The Bertz CT molecular complexity index is 1530. The summed E-state index contributed by atoms with van der Waals surface area (Å²) >= 11 is 0. The maximum Gasteiger partial charge on any atom is 0.0640 e. The van der Waals surface area contributed by atoms with E-state index < -0.39 is 0 Å². The number of hydrogen-bond donors (Lipinski definition) is 1. The molecule has 0 radical (unpaired) electrons. The Kier molecular flexibility index (Phi) is 4.07. The predicted molar refractivity (Wildman–Crippen MR) is 138 cm³/mol. The van der Waals surface area contributed by atoms with Gasteiger partial charge in [0.25, 0.3) is 0 Å². The van der Waals surface area contributed by atoms with Crippen LogP contribution < -0.4 is 5.32 Å². The molecular formula is C31H24N2. The fourth-order valence-electron chi connectivity index (χ4n) is 5.58. The van der Waals surface area contributed by atoms with Crippen molar-refractivity contribution in [3.8, 4) is 5.69 Å². The maximum absolute atomic E-state index is 3.79. The first kappa shape index (κ1) is 18.5. The maximum atomic E-state index is 3.79. The van der Waals surface area contributed by atoms with Gasteiger partial charge >= 0.3 is 0 Å². The molecule has 0 spiro atoms. The van der Waals surface area contributed by atoms with E-state index >= 15 is 0 Å². The van der Waals surface area contributed by atoms with Gasteiger partial charge in [0.1, 0.15) is 0 Å². The molecule has 0 fully saturated rings. The number of benzene rings is 3. The molecule has 2 heteroatoms. The van der Waals surface area contributed by atoms with Gasteiger partial charge in [-0.3, -0.25) is 0 Å². The Hall–Kier alpha value is -4.04. The Morgan fingerprint density at radius 2 is 1.61 bits per heavy atom. The van der Waals surface area contributed by atoms with E-state index in [1.165, 1.54) is 55.5 Å². The smallest absolute Gasteiger partial charge is 0.0640 e. The molecule has 1 unspecified atom stereocenters. The van der Waals surface area contributed by atoms with Crippen molar-refractivity contribution in [2.24, 2.45) is 0 Å². The molecule has 0 saturated heterocycles. The van der Waals surface area contributed by atoms with Crippen molar-refractivity contribution in [2.75, 3.05) is 0 Å². The van der Waals surface area contributed by atoms with E-state index in [-0.39, 0.29) is 6.04 Å². The third kappa shape index (κ3) is 2.87. The topological polar surface area (TPSA) is 17.0 Å². The lowest BCUT2D eigenvalue weighted by molar-refractivity contribution is 0.757. The molecule has 1 N–H and O–H groups in total. The summed E-state index contributed by atoms with van der Waals surface area (Å²) in [6.07, 6.45) is 15.7. The Labute approximate surface area is 193 Å². The number of dihydropyridines is 1. The first-order chi connectivity index (χ1) is 16.4. The number of nitrogens with one attached hydrogen (secondary N) is 1. The lowest BCUT2D eigenvalue weighted by Crippen LogP contribution is -2.31.